The number of H-pyrrole nitrogens is 1. The third kappa shape index (κ3) is 3.04. The highest BCUT2D eigenvalue weighted by molar-refractivity contribution is 6.01. The Balaban J connectivity index is 1.92. The molecule has 3 rings (SSSR count). The largest absolute Gasteiger partial charge is 0.497 e. The average Bonchev–Trinajstić information content (AvgIpc) is 2.97. The Labute approximate surface area is 134 Å². The Morgan fingerprint density at radius 3 is 2.48 bits per heavy atom. The number of aromatic amines is 1. The number of hydrogen-bond donors (Lipinski definition) is 2. The van der Waals surface area contributed by atoms with Gasteiger partial charge < -0.3 is 10.1 Å². The highest BCUT2D eigenvalue weighted by Gasteiger charge is 2.12. The van der Waals surface area contributed by atoms with E-state index in [4.69, 9.17) is 4.74 Å². The number of rotatable bonds is 4. The Morgan fingerprint density at radius 2 is 1.83 bits per heavy atom. The summed E-state index contributed by atoms with van der Waals surface area (Å²) in [5, 5.41) is 10.9. The van der Waals surface area contributed by atoms with Gasteiger partial charge in [0.15, 0.2) is 5.82 Å². The number of fused-ring (bicyclic) bond motifs is 1. The van der Waals surface area contributed by atoms with Crippen molar-refractivity contribution >= 4 is 22.6 Å². The molecule has 23 heavy (non-hydrogen) atoms. The number of carbonyl (C=O) groups is 1. The summed E-state index contributed by atoms with van der Waals surface area (Å²) in [5.74, 6) is 1.27. The minimum atomic E-state index is -0.0830. The SMILES string of the molecule is COc1ccc(-c2ccc3c(NC(=O)C(C)C)n[nH]c3c2)cc1. The third-order valence-corrected chi connectivity index (χ3v) is 3.75. The van der Waals surface area contributed by atoms with Gasteiger partial charge in [0.25, 0.3) is 0 Å². The van der Waals surface area contributed by atoms with Gasteiger partial charge in [-0.1, -0.05) is 32.0 Å². The highest BCUT2D eigenvalue weighted by Crippen LogP contribution is 2.28. The van der Waals surface area contributed by atoms with Crippen molar-refractivity contribution in [2.75, 3.05) is 12.4 Å². The molecule has 2 aromatic carbocycles. The fourth-order valence-electron chi connectivity index (χ4n) is 2.34. The van der Waals surface area contributed by atoms with Gasteiger partial charge in [0, 0.05) is 11.3 Å². The number of nitrogens with one attached hydrogen (secondary N) is 2. The van der Waals surface area contributed by atoms with E-state index in [-0.39, 0.29) is 11.8 Å². The quantitative estimate of drug-likeness (QED) is 0.769. The summed E-state index contributed by atoms with van der Waals surface area (Å²) >= 11 is 0. The molecule has 0 unspecified atom stereocenters. The lowest BCUT2D eigenvalue weighted by Crippen LogP contribution is -2.18. The molecule has 0 aliphatic rings. The maximum absolute atomic E-state index is 11.8. The number of benzene rings is 2. The summed E-state index contributed by atoms with van der Waals surface area (Å²) in [4.78, 5) is 11.8. The molecule has 0 saturated carbocycles. The van der Waals surface area contributed by atoms with E-state index in [1.54, 1.807) is 7.11 Å². The van der Waals surface area contributed by atoms with Gasteiger partial charge in [-0.05, 0) is 35.4 Å². The van der Waals surface area contributed by atoms with Crippen molar-refractivity contribution < 1.29 is 9.53 Å². The molecule has 5 nitrogen and oxygen atoms in total. The second-order valence-corrected chi connectivity index (χ2v) is 5.71. The third-order valence-electron chi connectivity index (χ3n) is 3.75. The molecule has 1 aromatic heterocycles. The van der Waals surface area contributed by atoms with Crippen molar-refractivity contribution in [1.82, 2.24) is 10.2 Å². The number of hydrogen-bond acceptors (Lipinski definition) is 3. The Kier molecular flexibility index (Phi) is 4.02. The first-order valence-electron chi connectivity index (χ1n) is 7.52. The fraction of sp³-hybridized carbons (Fsp3) is 0.222. The van der Waals surface area contributed by atoms with Crippen LogP contribution in [-0.4, -0.2) is 23.2 Å². The zero-order valence-corrected chi connectivity index (χ0v) is 13.4. The van der Waals surface area contributed by atoms with E-state index in [9.17, 15) is 4.79 Å². The van der Waals surface area contributed by atoms with Crippen molar-refractivity contribution in [3.05, 3.63) is 42.5 Å². The molecule has 0 aliphatic carbocycles. The summed E-state index contributed by atoms with van der Waals surface area (Å²) in [5.41, 5.74) is 3.05. The van der Waals surface area contributed by atoms with Crippen molar-refractivity contribution in [2.24, 2.45) is 5.92 Å². The van der Waals surface area contributed by atoms with Crippen LogP contribution < -0.4 is 10.1 Å². The topological polar surface area (TPSA) is 67.0 Å². The van der Waals surface area contributed by atoms with Gasteiger partial charge >= 0.3 is 0 Å². The number of amides is 1. The van der Waals surface area contributed by atoms with Crippen molar-refractivity contribution in [1.29, 1.82) is 0 Å². The maximum atomic E-state index is 11.8. The lowest BCUT2D eigenvalue weighted by molar-refractivity contribution is -0.118. The molecule has 0 spiro atoms. The van der Waals surface area contributed by atoms with Crippen molar-refractivity contribution in [3.8, 4) is 16.9 Å². The predicted octanol–water partition coefficient (Wildman–Crippen LogP) is 3.83. The Morgan fingerprint density at radius 1 is 1.13 bits per heavy atom. The molecular weight excluding hydrogens is 290 g/mol. The Bertz CT molecular complexity index is 835. The first-order valence-corrected chi connectivity index (χ1v) is 7.52. The number of carbonyl (C=O) groups excluding carboxylic acids is 1. The molecule has 0 fully saturated rings. The van der Waals surface area contributed by atoms with Gasteiger partial charge in [0.1, 0.15) is 5.75 Å². The smallest absolute Gasteiger partial charge is 0.228 e. The normalized spacial score (nSPS) is 11.0. The summed E-state index contributed by atoms with van der Waals surface area (Å²) in [6, 6.07) is 13.9. The second kappa shape index (κ2) is 6.12. The summed E-state index contributed by atoms with van der Waals surface area (Å²) in [7, 11) is 1.65. The minimum Gasteiger partial charge on any atom is -0.497 e. The van der Waals surface area contributed by atoms with E-state index in [2.05, 4.69) is 15.5 Å². The second-order valence-electron chi connectivity index (χ2n) is 5.71. The monoisotopic (exact) mass is 309 g/mol. The summed E-state index contributed by atoms with van der Waals surface area (Å²) in [6.07, 6.45) is 0. The minimum absolute atomic E-state index is 0.0439. The molecular formula is C18H19N3O2. The molecule has 0 atom stereocenters. The van der Waals surface area contributed by atoms with E-state index in [0.29, 0.717) is 5.82 Å². The maximum Gasteiger partial charge on any atom is 0.228 e. The highest BCUT2D eigenvalue weighted by atomic mass is 16.5. The molecule has 3 aromatic rings. The molecule has 1 heterocycles. The zero-order valence-electron chi connectivity index (χ0n) is 13.4. The van der Waals surface area contributed by atoms with Gasteiger partial charge in [-0.3, -0.25) is 9.89 Å². The van der Waals surface area contributed by atoms with Crippen LogP contribution in [0.1, 0.15) is 13.8 Å². The first kappa shape index (κ1) is 15.1. The van der Waals surface area contributed by atoms with E-state index in [1.165, 1.54) is 0 Å². The molecule has 0 saturated heterocycles. The predicted molar refractivity (Wildman–Crippen MR) is 91.5 cm³/mol. The zero-order chi connectivity index (χ0) is 16.4. The van der Waals surface area contributed by atoms with Gasteiger partial charge in [-0.15, -0.1) is 0 Å². The first-order chi connectivity index (χ1) is 11.1. The Hall–Kier alpha value is -2.82. The van der Waals surface area contributed by atoms with Crippen molar-refractivity contribution in [2.45, 2.75) is 13.8 Å². The number of nitrogens with zero attached hydrogens (tertiary/aromatic N) is 1. The average molecular weight is 309 g/mol. The van der Waals surface area contributed by atoms with Crippen LogP contribution in [0.5, 0.6) is 5.75 Å². The molecule has 118 valence electrons. The molecule has 2 N–H and O–H groups in total. The van der Waals surface area contributed by atoms with Crippen LogP contribution in [0.3, 0.4) is 0 Å². The van der Waals surface area contributed by atoms with E-state index in [1.807, 2.05) is 56.3 Å². The van der Waals surface area contributed by atoms with Crippen LogP contribution in [0, 0.1) is 5.92 Å². The number of ether oxygens (including phenoxy) is 1. The summed E-state index contributed by atoms with van der Waals surface area (Å²) < 4.78 is 5.18. The van der Waals surface area contributed by atoms with Crippen LogP contribution in [0.15, 0.2) is 42.5 Å². The van der Waals surface area contributed by atoms with Gasteiger partial charge in [0.2, 0.25) is 5.91 Å². The number of aromatic nitrogens is 2. The van der Waals surface area contributed by atoms with Crippen LogP contribution in [0.2, 0.25) is 0 Å². The molecule has 5 heteroatoms. The van der Waals surface area contributed by atoms with Crippen LogP contribution in [0.25, 0.3) is 22.0 Å². The van der Waals surface area contributed by atoms with Gasteiger partial charge in [0.05, 0.1) is 12.6 Å². The van der Waals surface area contributed by atoms with Crippen LogP contribution >= 0.6 is 0 Å². The van der Waals surface area contributed by atoms with E-state index < -0.39 is 0 Å². The molecule has 0 radical (unpaired) electrons. The van der Waals surface area contributed by atoms with E-state index in [0.717, 1.165) is 27.8 Å². The van der Waals surface area contributed by atoms with Gasteiger partial charge in [-0.2, -0.15) is 5.10 Å². The van der Waals surface area contributed by atoms with Crippen LogP contribution in [-0.2, 0) is 4.79 Å². The van der Waals surface area contributed by atoms with E-state index >= 15 is 0 Å². The standard InChI is InChI=1S/C18H19N3O2/c1-11(2)18(22)19-17-15-9-6-13(10-16(15)20-21-17)12-4-7-14(23-3)8-5-12/h4-11H,1-3H3,(H2,19,20,21,22). The number of methoxy groups -OCH3 is 1. The molecule has 0 aliphatic heterocycles. The lowest BCUT2D eigenvalue weighted by Gasteiger charge is -2.06. The van der Waals surface area contributed by atoms with Crippen molar-refractivity contribution in [3.63, 3.8) is 0 Å². The van der Waals surface area contributed by atoms with Crippen LogP contribution in [0.4, 0.5) is 5.82 Å². The van der Waals surface area contributed by atoms with Gasteiger partial charge in [-0.25, -0.2) is 0 Å². The summed E-state index contributed by atoms with van der Waals surface area (Å²) in [6.45, 7) is 3.71. The fourth-order valence-corrected chi connectivity index (χ4v) is 2.34. The molecule has 0 bridgehead atoms. The molecule has 1 amide bonds. The lowest BCUT2D eigenvalue weighted by atomic mass is 10.0. The number of anilines is 1.